The predicted molar refractivity (Wildman–Crippen MR) is 62.1 cm³/mol. The molecule has 0 saturated carbocycles. The highest BCUT2D eigenvalue weighted by molar-refractivity contribution is 5.73. The smallest absolute Gasteiger partial charge is 0.310 e. The number of rotatable bonds is 5. The first-order valence-corrected chi connectivity index (χ1v) is 5.60. The second-order valence-corrected chi connectivity index (χ2v) is 3.63. The van der Waals surface area contributed by atoms with Crippen molar-refractivity contribution < 1.29 is 18.3 Å². The standard InChI is InChI=1S/C12H13F2N3O2/c1-2-19-11(18)4-7-3-9(12(13)14)17-10(6-16)8(7)5-15/h3,12H,2,4-5,15H2,1H3. The fourth-order valence-electron chi connectivity index (χ4n) is 1.60. The van der Waals surface area contributed by atoms with E-state index in [1.54, 1.807) is 13.0 Å². The van der Waals surface area contributed by atoms with Gasteiger partial charge in [0.15, 0.2) is 0 Å². The van der Waals surface area contributed by atoms with Gasteiger partial charge in [0.2, 0.25) is 0 Å². The maximum Gasteiger partial charge on any atom is 0.310 e. The van der Waals surface area contributed by atoms with Gasteiger partial charge in [0.1, 0.15) is 17.5 Å². The van der Waals surface area contributed by atoms with Gasteiger partial charge in [0, 0.05) is 12.1 Å². The van der Waals surface area contributed by atoms with Crippen molar-refractivity contribution in [1.82, 2.24) is 4.98 Å². The molecule has 0 unspecified atom stereocenters. The van der Waals surface area contributed by atoms with E-state index in [4.69, 9.17) is 15.7 Å². The quantitative estimate of drug-likeness (QED) is 0.817. The van der Waals surface area contributed by atoms with Crippen LogP contribution in [0.1, 0.15) is 35.9 Å². The third kappa shape index (κ3) is 3.69. The van der Waals surface area contributed by atoms with Gasteiger partial charge in [0.05, 0.1) is 13.0 Å². The van der Waals surface area contributed by atoms with Crippen LogP contribution in [0.2, 0.25) is 0 Å². The Labute approximate surface area is 109 Å². The van der Waals surface area contributed by atoms with Crippen LogP contribution in [0.15, 0.2) is 6.07 Å². The lowest BCUT2D eigenvalue weighted by molar-refractivity contribution is -0.142. The molecule has 0 aliphatic heterocycles. The van der Waals surface area contributed by atoms with Crippen molar-refractivity contribution >= 4 is 5.97 Å². The first-order valence-electron chi connectivity index (χ1n) is 5.60. The maximum absolute atomic E-state index is 12.7. The highest BCUT2D eigenvalue weighted by atomic mass is 19.3. The average Bonchev–Trinajstić information content (AvgIpc) is 2.37. The van der Waals surface area contributed by atoms with Gasteiger partial charge in [-0.05, 0) is 18.6 Å². The van der Waals surface area contributed by atoms with Crippen LogP contribution in [0.25, 0.3) is 0 Å². The van der Waals surface area contributed by atoms with E-state index < -0.39 is 18.1 Å². The van der Waals surface area contributed by atoms with E-state index in [1.165, 1.54) is 0 Å². The molecular weight excluding hydrogens is 256 g/mol. The number of nitrogens with two attached hydrogens (primary N) is 1. The van der Waals surface area contributed by atoms with E-state index in [0.29, 0.717) is 5.56 Å². The van der Waals surface area contributed by atoms with Crippen LogP contribution in [0, 0.1) is 11.3 Å². The van der Waals surface area contributed by atoms with Gasteiger partial charge in [-0.3, -0.25) is 4.79 Å². The summed E-state index contributed by atoms with van der Waals surface area (Å²) in [5.74, 6) is -0.562. The molecule has 1 aromatic rings. The fraction of sp³-hybridized carbons (Fsp3) is 0.417. The summed E-state index contributed by atoms with van der Waals surface area (Å²) in [6.07, 6.45) is -3.03. The van der Waals surface area contributed by atoms with Crippen molar-refractivity contribution in [3.63, 3.8) is 0 Å². The van der Waals surface area contributed by atoms with E-state index in [9.17, 15) is 13.6 Å². The summed E-state index contributed by atoms with van der Waals surface area (Å²) in [5.41, 5.74) is 5.29. The van der Waals surface area contributed by atoms with E-state index in [-0.39, 0.29) is 30.8 Å². The molecule has 0 aliphatic carbocycles. The second kappa shape index (κ2) is 6.75. The Balaban J connectivity index is 3.23. The average molecular weight is 269 g/mol. The van der Waals surface area contributed by atoms with Crippen molar-refractivity contribution in [2.45, 2.75) is 26.3 Å². The number of carbonyl (C=O) groups is 1. The van der Waals surface area contributed by atoms with Crippen LogP contribution in [-0.2, 0) is 22.5 Å². The lowest BCUT2D eigenvalue weighted by atomic mass is 10.0. The van der Waals surface area contributed by atoms with Crippen LogP contribution in [0.4, 0.5) is 8.78 Å². The molecule has 1 aromatic heterocycles. The van der Waals surface area contributed by atoms with Crippen LogP contribution in [-0.4, -0.2) is 17.6 Å². The molecule has 0 atom stereocenters. The molecule has 1 heterocycles. The third-order valence-electron chi connectivity index (χ3n) is 2.41. The first kappa shape index (κ1) is 15.0. The minimum atomic E-state index is -2.82. The Hall–Kier alpha value is -2.07. The number of nitriles is 1. The second-order valence-electron chi connectivity index (χ2n) is 3.63. The zero-order valence-corrected chi connectivity index (χ0v) is 10.3. The van der Waals surface area contributed by atoms with E-state index in [0.717, 1.165) is 6.07 Å². The summed E-state index contributed by atoms with van der Waals surface area (Å²) in [5, 5.41) is 8.89. The number of aromatic nitrogens is 1. The van der Waals surface area contributed by atoms with Gasteiger partial charge in [0.25, 0.3) is 6.43 Å². The maximum atomic E-state index is 12.7. The largest absolute Gasteiger partial charge is 0.466 e. The molecule has 2 N–H and O–H groups in total. The molecule has 0 aromatic carbocycles. The fourth-order valence-corrected chi connectivity index (χ4v) is 1.60. The van der Waals surface area contributed by atoms with Gasteiger partial charge in [-0.25, -0.2) is 13.8 Å². The van der Waals surface area contributed by atoms with Gasteiger partial charge in [-0.15, -0.1) is 0 Å². The molecule has 0 bridgehead atoms. The molecule has 19 heavy (non-hydrogen) atoms. The Bertz CT molecular complexity index is 512. The van der Waals surface area contributed by atoms with E-state index in [1.807, 2.05) is 0 Å². The Morgan fingerprint density at radius 2 is 2.32 bits per heavy atom. The van der Waals surface area contributed by atoms with Crippen molar-refractivity contribution in [3.05, 3.63) is 28.6 Å². The van der Waals surface area contributed by atoms with Gasteiger partial charge in [-0.1, -0.05) is 0 Å². The van der Waals surface area contributed by atoms with Crippen molar-refractivity contribution in [2.75, 3.05) is 6.61 Å². The highest BCUT2D eigenvalue weighted by Gasteiger charge is 2.18. The van der Waals surface area contributed by atoms with Gasteiger partial charge >= 0.3 is 5.97 Å². The van der Waals surface area contributed by atoms with Crippen molar-refractivity contribution in [1.29, 1.82) is 5.26 Å². The Morgan fingerprint density at radius 1 is 1.63 bits per heavy atom. The normalized spacial score (nSPS) is 10.3. The summed E-state index contributed by atoms with van der Waals surface area (Å²) in [7, 11) is 0. The number of carbonyl (C=O) groups excluding carboxylic acids is 1. The lowest BCUT2D eigenvalue weighted by Crippen LogP contribution is -2.14. The lowest BCUT2D eigenvalue weighted by Gasteiger charge is -2.11. The van der Waals surface area contributed by atoms with Crippen LogP contribution in [0.3, 0.4) is 0 Å². The number of alkyl halides is 2. The zero-order chi connectivity index (χ0) is 14.4. The van der Waals surface area contributed by atoms with Crippen LogP contribution < -0.4 is 5.73 Å². The van der Waals surface area contributed by atoms with Gasteiger partial charge < -0.3 is 10.5 Å². The monoisotopic (exact) mass is 269 g/mol. The van der Waals surface area contributed by atoms with E-state index >= 15 is 0 Å². The van der Waals surface area contributed by atoms with Crippen molar-refractivity contribution in [2.24, 2.45) is 5.73 Å². The van der Waals surface area contributed by atoms with Crippen LogP contribution >= 0.6 is 0 Å². The molecular formula is C12H13F2N3O2. The number of hydrogen-bond acceptors (Lipinski definition) is 5. The number of halogens is 2. The van der Waals surface area contributed by atoms with Crippen molar-refractivity contribution in [3.8, 4) is 6.07 Å². The Morgan fingerprint density at radius 3 is 2.79 bits per heavy atom. The molecule has 0 amide bonds. The number of ether oxygens (including phenoxy) is 1. The third-order valence-corrected chi connectivity index (χ3v) is 2.41. The SMILES string of the molecule is CCOC(=O)Cc1cc(C(F)F)nc(C#N)c1CN. The molecule has 102 valence electrons. The molecule has 0 radical (unpaired) electrons. The molecule has 5 nitrogen and oxygen atoms in total. The highest BCUT2D eigenvalue weighted by Crippen LogP contribution is 2.22. The summed E-state index contributed by atoms with van der Waals surface area (Å²) in [4.78, 5) is 14.9. The summed E-state index contributed by atoms with van der Waals surface area (Å²) in [6, 6.07) is 2.80. The molecule has 7 heteroatoms. The summed E-state index contributed by atoms with van der Waals surface area (Å²) in [6.45, 7) is 1.77. The molecule has 1 rings (SSSR count). The van der Waals surface area contributed by atoms with E-state index in [2.05, 4.69) is 4.98 Å². The van der Waals surface area contributed by atoms with Gasteiger partial charge in [-0.2, -0.15) is 5.26 Å². The molecule has 0 fully saturated rings. The minimum Gasteiger partial charge on any atom is -0.466 e. The Kier molecular flexibility index (Phi) is 5.33. The summed E-state index contributed by atoms with van der Waals surface area (Å²) < 4.78 is 30.1. The number of esters is 1. The topological polar surface area (TPSA) is 89.0 Å². The minimum absolute atomic E-state index is 0.0614. The predicted octanol–water partition coefficient (Wildman–Crippen LogP) is 1.46. The molecule has 0 aliphatic rings. The zero-order valence-electron chi connectivity index (χ0n) is 10.3. The number of pyridine rings is 1. The first-order chi connectivity index (χ1) is 9.03. The number of nitrogens with zero attached hydrogens (tertiary/aromatic N) is 2. The number of hydrogen-bond donors (Lipinski definition) is 1. The summed E-state index contributed by atoms with van der Waals surface area (Å²) >= 11 is 0. The molecule has 0 spiro atoms. The van der Waals surface area contributed by atoms with Crippen LogP contribution in [0.5, 0.6) is 0 Å². The molecule has 0 saturated heterocycles.